The first-order valence-electron chi connectivity index (χ1n) is 12.7. The lowest BCUT2D eigenvalue weighted by Crippen LogP contribution is -2.53. The van der Waals surface area contributed by atoms with E-state index in [1.165, 1.54) is 17.0 Å². The van der Waals surface area contributed by atoms with Crippen LogP contribution in [0.25, 0.3) is 0 Å². The van der Waals surface area contributed by atoms with E-state index in [4.69, 9.17) is 0 Å². The highest BCUT2D eigenvalue weighted by Gasteiger charge is 2.32. The van der Waals surface area contributed by atoms with E-state index in [9.17, 15) is 28.1 Å². The molecule has 10 nitrogen and oxygen atoms in total. The first kappa shape index (κ1) is 29.1. The molecular weight excluding hydrogens is 508 g/mol. The van der Waals surface area contributed by atoms with Crippen molar-refractivity contribution in [3.8, 4) is 0 Å². The molecule has 0 spiro atoms. The first-order valence-corrected chi connectivity index (χ1v) is 14.6. The number of nitrogens with one attached hydrogen (secondary N) is 1. The molecule has 1 aliphatic rings. The van der Waals surface area contributed by atoms with Gasteiger partial charge in [-0.1, -0.05) is 55.2 Å². The molecule has 1 aliphatic carbocycles. The van der Waals surface area contributed by atoms with Gasteiger partial charge >= 0.3 is 0 Å². The summed E-state index contributed by atoms with van der Waals surface area (Å²) in [6.45, 7) is 4.69. The molecule has 1 saturated carbocycles. The van der Waals surface area contributed by atoms with Gasteiger partial charge < -0.3 is 10.2 Å². The van der Waals surface area contributed by atoms with Gasteiger partial charge in [0.25, 0.3) is 5.69 Å². The number of amides is 2. The summed E-state index contributed by atoms with van der Waals surface area (Å²) in [5, 5.41) is 14.4. The molecule has 1 fully saturated rings. The third-order valence-electron chi connectivity index (χ3n) is 6.94. The molecule has 1 N–H and O–H groups in total. The van der Waals surface area contributed by atoms with Crippen molar-refractivity contribution in [1.29, 1.82) is 0 Å². The molecule has 0 aliphatic heterocycles. The number of nitrogens with zero attached hydrogens (tertiary/aromatic N) is 3. The molecule has 0 heterocycles. The number of anilines is 1. The Morgan fingerprint density at radius 1 is 1.08 bits per heavy atom. The molecule has 0 radical (unpaired) electrons. The lowest BCUT2D eigenvalue weighted by Gasteiger charge is -2.33. The summed E-state index contributed by atoms with van der Waals surface area (Å²) in [4.78, 5) is 39.0. The van der Waals surface area contributed by atoms with Gasteiger partial charge in [0.1, 0.15) is 12.6 Å². The average Bonchev–Trinajstić information content (AvgIpc) is 2.86. The second-order valence-electron chi connectivity index (χ2n) is 10.0. The number of aryl methyl sites for hydroxylation is 2. The topological polar surface area (TPSA) is 130 Å². The van der Waals surface area contributed by atoms with Gasteiger partial charge in [-0.15, -0.1) is 0 Å². The minimum Gasteiger partial charge on any atom is -0.352 e. The van der Waals surface area contributed by atoms with E-state index in [0.29, 0.717) is 5.56 Å². The van der Waals surface area contributed by atoms with Crippen molar-refractivity contribution < 1.29 is 22.9 Å². The van der Waals surface area contributed by atoms with Gasteiger partial charge in [-0.25, -0.2) is 8.42 Å². The Morgan fingerprint density at radius 3 is 2.29 bits per heavy atom. The van der Waals surface area contributed by atoms with Gasteiger partial charge in [0.05, 0.1) is 16.9 Å². The zero-order valence-electron chi connectivity index (χ0n) is 22.3. The molecular formula is C27H36N4O6S. The maximum Gasteiger partial charge on any atom is 0.271 e. The van der Waals surface area contributed by atoms with Crippen LogP contribution in [-0.4, -0.2) is 54.9 Å². The van der Waals surface area contributed by atoms with Crippen LogP contribution >= 0.6 is 0 Å². The number of carbonyl (C=O) groups excluding carboxylic acids is 2. The van der Waals surface area contributed by atoms with Crippen LogP contribution in [0.1, 0.15) is 55.7 Å². The number of hydrogen-bond donors (Lipinski definition) is 1. The molecule has 38 heavy (non-hydrogen) atoms. The highest BCUT2D eigenvalue weighted by Crippen LogP contribution is 2.28. The molecule has 0 aromatic heterocycles. The van der Waals surface area contributed by atoms with E-state index in [2.05, 4.69) is 5.32 Å². The van der Waals surface area contributed by atoms with Crippen molar-refractivity contribution in [2.45, 2.75) is 71.5 Å². The monoisotopic (exact) mass is 544 g/mol. The molecule has 2 amide bonds. The third kappa shape index (κ3) is 7.53. The highest BCUT2D eigenvalue weighted by atomic mass is 32.2. The maximum atomic E-state index is 13.7. The van der Waals surface area contributed by atoms with Gasteiger partial charge in [0.2, 0.25) is 21.8 Å². The van der Waals surface area contributed by atoms with E-state index >= 15 is 0 Å². The predicted octanol–water partition coefficient (Wildman–Crippen LogP) is 3.84. The number of hydrogen-bond acceptors (Lipinski definition) is 6. The molecule has 1 atom stereocenters. The molecule has 11 heteroatoms. The summed E-state index contributed by atoms with van der Waals surface area (Å²) >= 11 is 0. The Kier molecular flexibility index (Phi) is 9.48. The van der Waals surface area contributed by atoms with E-state index in [-0.39, 0.29) is 29.9 Å². The number of carbonyl (C=O) groups is 2. The molecule has 1 unspecified atom stereocenters. The van der Waals surface area contributed by atoms with Gasteiger partial charge in [-0.05, 0) is 44.7 Å². The maximum absolute atomic E-state index is 13.7. The standard InChI is InChI=1S/C27H36N4O6S/c1-19-10-13-22(14-11-19)17-29(21(3)27(33)28-23-8-6-5-7-9-23)26(32)18-30(38(4,36)37)25-16-24(31(34)35)15-12-20(25)2/h10-16,21,23H,5-9,17-18H2,1-4H3,(H,28,33). The average molecular weight is 545 g/mol. The van der Waals surface area contributed by atoms with Crippen LogP contribution in [0, 0.1) is 24.0 Å². The molecule has 2 aromatic carbocycles. The van der Waals surface area contributed by atoms with Crippen molar-refractivity contribution in [2.24, 2.45) is 0 Å². The number of sulfonamides is 1. The van der Waals surface area contributed by atoms with Crippen molar-refractivity contribution in [3.05, 3.63) is 69.3 Å². The van der Waals surface area contributed by atoms with Crippen molar-refractivity contribution in [1.82, 2.24) is 10.2 Å². The van der Waals surface area contributed by atoms with Crippen LogP contribution in [-0.2, 0) is 26.2 Å². The summed E-state index contributed by atoms with van der Waals surface area (Å²) in [7, 11) is -4.00. The first-order chi connectivity index (χ1) is 17.9. The summed E-state index contributed by atoms with van der Waals surface area (Å²) in [5.74, 6) is -0.886. The summed E-state index contributed by atoms with van der Waals surface area (Å²) in [6.07, 6.45) is 5.94. The summed E-state index contributed by atoms with van der Waals surface area (Å²) in [6, 6.07) is 10.6. The Bertz CT molecular complexity index is 1270. The van der Waals surface area contributed by atoms with Crippen LogP contribution in [0.4, 0.5) is 11.4 Å². The van der Waals surface area contributed by atoms with Gasteiger partial charge in [0, 0.05) is 24.7 Å². The Hall–Kier alpha value is -3.47. The van der Waals surface area contributed by atoms with E-state index in [0.717, 1.165) is 59.9 Å². The fourth-order valence-corrected chi connectivity index (χ4v) is 5.52. The minimum absolute atomic E-state index is 0.0460. The van der Waals surface area contributed by atoms with Crippen molar-refractivity contribution in [3.63, 3.8) is 0 Å². The fraction of sp³-hybridized carbons (Fsp3) is 0.481. The van der Waals surface area contributed by atoms with Crippen LogP contribution < -0.4 is 9.62 Å². The minimum atomic E-state index is -4.00. The lowest BCUT2D eigenvalue weighted by atomic mass is 9.95. The van der Waals surface area contributed by atoms with E-state index in [1.807, 2.05) is 31.2 Å². The van der Waals surface area contributed by atoms with Crippen molar-refractivity contribution in [2.75, 3.05) is 17.1 Å². The van der Waals surface area contributed by atoms with E-state index < -0.39 is 33.4 Å². The molecule has 206 valence electrons. The van der Waals surface area contributed by atoms with Gasteiger partial charge in [-0.3, -0.25) is 24.0 Å². The van der Waals surface area contributed by atoms with Crippen LogP contribution in [0.2, 0.25) is 0 Å². The third-order valence-corrected chi connectivity index (χ3v) is 8.07. The van der Waals surface area contributed by atoms with Crippen LogP contribution in [0.3, 0.4) is 0 Å². The predicted molar refractivity (Wildman–Crippen MR) is 146 cm³/mol. The number of non-ortho nitro benzene ring substituents is 1. The Morgan fingerprint density at radius 2 is 1.71 bits per heavy atom. The number of benzene rings is 2. The highest BCUT2D eigenvalue weighted by molar-refractivity contribution is 7.92. The van der Waals surface area contributed by atoms with Gasteiger partial charge in [-0.2, -0.15) is 0 Å². The Labute approximate surface area is 224 Å². The number of nitro benzene ring substituents is 1. The Balaban J connectivity index is 1.92. The summed E-state index contributed by atoms with van der Waals surface area (Å²) < 4.78 is 26.4. The quantitative estimate of drug-likeness (QED) is 0.357. The molecule has 3 rings (SSSR count). The zero-order valence-corrected chi connectivity index (χ0v) is 23.2. The second-order valence-corrected chi connectivity index (χ2v) is 11.9. The zero-order chi connectivity index (χ0) is 28.0. The lowest BCUT2D eigenvalue weighted by molar-refractivity contribution is -0.384. The summed E-state index contributed by atoms with van der Waals surface area (Å²) in [5.41, 5.74) is 2.05. The van der Waals surface area contributed by atoms with Crippen LogP contribution in [0.15, 0.2) is 42.5 Å². The largest absolute Gasteiger partial charge is 0.352 e. The normalized spacial score (nSPS) is 14.9. The number of nitro groups is 1. The SMILES string of the molecule is Cc1ccc(CN(C(=O)CN(c2cc([N+](=O)[O-])ccc2C)S(C)(=O)=O)C(C)C(=O)NC2CCCCC2)cc1. The molecule has 0 bridgehead atoms. The second kappa shape index (κ2) is 12.4. The van der Waals surface area contributed by atoms with E-state index in [1.54, 1.807) is 13.8 Å². The number of rotatable bonds is 10. The molecule has 0 saturated heterocycles. The van der Waals surface area contributed by atoms with Crippen molar-refractivity contribution >= 4 is 33.2 Å². The smallest absolute Gasteiger partial charge is 0.271 e. The fourth-order valence-electron chi connectivity index (χ4n) is 4.62. The van der Waals surface area contributed by atoms with Gasteiger partial charge in [0.15, 0.2) is 0 Å². The molecule has 2 aromatic rings. The van der Waals surface area contributed by atoms with Crippen LogP contribution in [0.5, 0.6) is 0 Å².